The van der Waals surface area contributed by atoms with Crippen LogP contribution in [0.25, 0.3) is 10.9 Å². The Kier molecular flexibility index (Phi) is 5.58. The van der Waals surface area contributed by atoms with Crippen molar-refractivity contribution in [2.24, 2.45) is 0 Å². The van der Waals surface area contributed by atoms with Crippen LogP contribution in [0.4, 0.5) is 0 Å². The number of hydrogen-bond acceptors (Lipinski definition) is 4. The van der Waals surface area contributed by atoms with E-state index in [4.69, 9.17) is 9.84 Å². The van der Waals surface area contributed by atoms with Crippen molar-refractivity contribution in [3.63, 3.8) is 0 Å². The average molecular weight is 276 g/mol. The Balaban J connectivity index is 1.86. The van der Waals surface area contributed by atoms with Gasteiger partial charge >= 0.3 is 0 Å². The molecule has 0 aliphatic carbocycles. The van der Waals surface area contributed by atoms with E-state index in [9.17, 15) is 4.79 Å². The number of nitrogens with one attached hydrogen (secondary N) is 2. The van der Waals surface area contributed by atoms with Gasteiger partial charge in [0, 0.05) is 18.1 Å². The van der Waals surface area contributed by atoms with Crippen molar-refractivity contribution in [1.82, 2.24) is 10.3 Å². The van der Waals surface area contributed by atoms with Crippen molar-refractivity contribution >= 4 is 10.9 Å². The van der Waals surface area contributed by atoms with E-state index in [0.717, 1.165) is 42.6 Å². The highest BCUT2D eigenvalue weighted by molar-refractivity contribution is 5.84. The van der Waals surface area contributed by atoms with Crippen molar-refractivity contribution in [1.29, 1.82) is 0 Å². The first kappa shape index (κ1) is 14.6. The minimum Gasteiger partial charge on any atom is -0.493 e. The third-order valence-electron chi connectivity index (χ3n) is 2.99. The summed E-state index contributed by atoms with van der Waals surface area (Å²) in [6, 6.07) is 8.92. The third-order valence-corrected chi connectivity index (χ3v) is 2.99. The van der Waals surface area contributed by atoms with E-state index >= 15 is 0 Å². The Hall–Kier alpha value is -1.85. The fraction of sp³-hybridized carbons (Fsp3) is 0.400. The first-order valence-electron chi connectivity index (χ1n) is 6.87. The number of H-pyrrole nitrogens is 1. The molecular formula is C15H20N2O3. The fourth-order valence-corrected chi connectivity index (χ4v) is 1.99. The molecule has 0 saturated heterocycles. The molecule has 0 bridgehead atoms. The summed E-state index contributed by atoms with van der Waals surface area (Å²) in [5, 5.41) is 12.8. The molecule has 0 atom stereocenters. The van der Waals surface area contributed by atoms with Crippen LogP contribution in [0.2, 0.25) is 0 Å². The first-order chi connectivity index (χ1) is 9.81. The highest BCUT2D eigenvalue weighted by atomic mass is 16.5. The van der Waals surface area contributed by atoms with Gasteiger partial charge in [-0.2, -0.15) is 0 Å². The summed E-state index contributed by atoms with van der Waals surface area (Å²) in [7, 11) is 0. The van der Waals surface area contributed by atoms with Gasteiger partial charge in [-0.25, -0.2) is 0 Å². The van der Waals surface area contributed by atoms with E-state index in [1.54, 1.807) is 6.07 Å². The van der Waals surface area contributed by atoms with Crippen molar-refractivity contribution in [3.8, 4) is 5.75 Å². The Morgan fingerprint density at radius 2 is 2.00 bits per heavy atom. The number of hydrogen-bond donors (Lipinski definition) is 3. The van der Waals surface area contributed by atoms with Gasteiger partial charge in [0.05, 0.1) is 12.1 Å². The number of rotatable bonds is 8. The summed E-state index contributed by atoms with van der Waals surface area (Å²) in [6.07, 6.45) is 1.67. The van der Waals surface area contributed by atoms with E-state index in [1.165, 1.54) is 6.07 Å². The SMILES string of the molecule is O=c1ccc2c(OCCCNCCCO)cccc2[nH]1. The highest BCUT2D eigenvalue weighted by Gasteiger charge is 2.02. The van der Waals surface area contributed by atoms with E-state index in [-0.39, 0.29) is 12.2 Å². The molecule has 1 aromatic heterocycles. The van der Waals surface area contributed by atoms with Gasteiger partial charge in [-0.3, -0.25) is 4.79 Å². The zero-order chi connectivity index (χ0) is 14.2. The van der Waals surface area contributed by atoms with Gasteiger partial charge in [-0.15, -0.1) is 0 Å². The smallest absolute Gasteiger partial charge is 0.248 e. The number of fused-ring (bicyclic) bond motifs is 1. The maximum Gasteiger partial charge on any atom is 0.248 e. The maximum atomic E-state index is 11.3. The number of aromatic nitrogens is 1. The number of aromatic amines is 1. The van der Waals surface area contributed by atoms with Gasteiger partial charge in [0.15, 0.2) is 0 Å². The standard InChI is InChI=1S/C15H20N2O3/c18-10-2-8-16-9-3-11-20-14-5-1-4-13-12(14)6-7-15(19)17-13/h1,4-7,16,18H,2-3,8-11H2,(H,17,19). The van der Waals surface area contributed by atoms with Crippen molar-refractivity contribution in [2.75, 3.05) is 26.3 Å². The van der Waals surface area contributed by atoms with Crippen LogP contribution in [0, 0.1) is 0 Å². The highest BCUT2D eigenvalue weighted by Crippen LogP contribution is 2.22. The van der Waals surface area contributed by atoms with Gasteiger partial charge < -0.3 is 20.1 Å². The van der Waals surface area contributed by atoms with Crippen LogP contribution in [-0.4, -0.2) is 36.4 Å². The lowest BCUT2D eigenvalue weighted by Crippen LogP contribution is -2.19. The van der Waals surface area contributed by atoms with Crippen LogP contribution >= 0.6 is 0 Å². The van der Waals surface area contributed by atoms with Crippen molar-refractivity contribution in [3.05, 3.63) is 40.7 Å². The summed E-state index contributed by atoms with van der Waals surface area (Å²) >= 11 is 0. The third kappa shape index (κ3) is 4.08. The van der Waals surface area contributed by atoms with Gasteiger partial charge in [0.1, 0.15) is 5.75 Å². The lowest BCUT2D eigenvalue weighted by Gasteiger charge is -2.09. The summed E-state index contributed by atoms with van der Waals surface area (Å²) < 4.78 is 5.75. The summed E-state index contributed by atoms with van der Waals surface area (Å²) in [4.78, 5) is 14.0. The molecule has 0 aliphatic rings. The average Bonchev–Trinajstić information content (AvgIpc) is 2.46. The molecule has 0 amide bonds. The van der Waals surface area contributed by atoms with E-state index in [0.29, 0.717) is 6.61 Å². The molecule has 0 aliphatic heterocycles. The largest absolute Gasteiger partial charge is 0.493 e. The fourth-order valence-electron chi connectivity index (χ4n) is 1.99. The second-order valence-electron chi connectivity index (χ2n) is 4.57. The topological polar surface area (TPSA) is 74.3 Å². The minimum atomic E-state index is -0.109. The molecular weight excluding hydrogens is 256 g/mol. The van der Waals surface area contributed by atoms with E-state index in [1.807, 2.05) is 18.2 Å². The van der Waals surface area contributed by atoms with Gasteiger partial charge in [0.25, 0.3) is 0 Å². The predicted molar refractivity (Wildman–Crippen MR) is 79.3 cm³/mol. The monoisotopic (exact) mass is 276 g/mol. The lowest BCUT2D eigenvalue weighted by atomic mass is 10.2. The lowest BCUT2D eigenvalue weighted by molar-refractivity contribution is 0.283. The second-order valence-corrected chi connectivity index (χ2v) is 4.57. The van der Waals surface area contributed by atoms with Crippen LogP contribution in [0.15, 0.2) is 35.1 Å². The van der Waals surface area contributed by atoms with E-state index < -0.39 is 0 Å². The van der Waals surface area contributed by atoms with Crippen LogP contribution < -0.4 is 15.6 Å². The molecule has 2 aromatic rings. The Labute approximate surface area is 117 Å². The molecule has 20 heavy (non-hydrogen) atoms. The summed E-state index contributed by atoms with van der Waals surface area (Å²) in [5.41, 5.74) is 0.679. The molecule has 2 rings (SSSR count). The Morgan fingerprint density at radius 3 is 2.85 bits per heavy atom. The molecule has 5 heteroatoms. The Bertz CT molecular complexity index is 595. The molecule has 5 nitrogen and oxygen atoms in total. The van der Waals surface area contributed by atoms with Gasteiger partial charge in [-0.1, -0.05) is 6.07 Å². The zero-order valence-corrected chi connectivity index (χ0v) is 11.4. The molecule has 0 unspecified atom stereocenters. The molecule has 108 valence electrons. The number of ether oxygens (including phenoxy) is 1. The quantitative estimate of drug-likeness (QED) is 0.635. The summed E-state index contributed by atoms with van der Waals surface area (Å²) in [6.45, 7) is 2.52. The number of pyridine rings is 1. The molecule has 0 fully saturated rings. The van der Waals surface area contributed by atoms with Crippen LogP contribution in [0.5, 0.6) is 5.75 Å². The van der Waals surface area contributed by atoms with E-state index in [2.05, 4.69) is 10.3 Å². The first-order valence-corrected chi connectivity index (χ1v) is 6.87. The summed E-state index contributed by atoms with van der Waals surface area (Å²) in [5.74, 6) is 0.786. The normalized spacial score (nSPS) is 10.8. The van der Waals surface area contributed by atoms with Crippen LogP contribution in [0.1, 0.15) is 12.8 Å². The molecule has 3 N–H and O–H groups in total. The minimum absolute atomic E-state index is 0.109. The number of aliphatic hydroxyl groups is 1. The Morgan fingerprint density at radius 1 is 1.15 bits per heavy atom. The maximum absolute atomic E-state index is 11.3. The second kappa shape index (κ2) is 7.67. The molecule has 1 aromatic carbocycles. The number of benzene rings is 1. The molecule has 0 saturated carbocycles. The van der Waals surface area contributed by atoms with Gasteiger partial charge in [0.2, 0.25) is 5.56 Å². The van der Waals surface area contributed by atoms with Gasteiger partial charge in [-0.05, 0) is 44.1 Å². The van der Waals surface area contributed by atoms with Crippen molar-refractivity contribution < 1.29 is 9.84 Å². The number of aliphatic hydroxyl groups excluding tert-OH is 1. The molecule has 0 spiro atoms. The van der Waals surface area contributed by atoms with Crippen molar-refractivity contribution in [2.45, 2.75) is 12.8 Å². The predicted octanol–water partition coefficient (Wildman–Crippen LogP) is 1.27. The van der Waals surface area contributed by atoms with Crippen LogP contribution in [-0.2, 0) is 0 Å². The molecule has 1 heterocycles. The zero-order valence-electron chi connectivity index (χ0n) is 11.4. The van der Waals surface area contributed by atoms with Crippen LogP contribution in [0.3, 0.4) is 0 Å². The molecule has 0 radical (unpaired) electrons.